The van der Waals surface area contributed by atoms with Gasteiger partial charge in [-0.25, -0.2) is 0 Å². The largest absolute Gasteiger partial charge is 0.394 e. The molecule has 0 heterocycles. The zero-order chi connectivity index (χ0) is 44.8. The average molecular weight is 857 g/mol. The van der Waals surface area contributed by atoms with E-state index >= 15 is 0 Å². The lowest BCUT2D eigenvalue weighted by molar-refractivity contribution is -0.166. The molecule has 3 N–H and O–H groups in total. The summed E-state index contributed by atoms with van der Waals surface area (Å²) in [6.45, 7) is 3.67. The first-order valence-electron chi connectivity index (χ1n) is 26.4. The van der Waals surface area contributed by atoms with E-state index in [4.69, 9.17) is 0 Å². The van der Waals surface area contributed by atoms with Crippen LogP contribution in [0.5, 0.6) is 0 Å². The summed E-state index contributed by atoms with van der Waals surface area (Å²) < 4.78 is 0. The molecule has 0 aliphatic heterocycles. The second-order valence-corrected chi connectivity index (χ2v) is 18.3. The highest BCUT2D eigenvalue weighted by atomic mass is 16.4. The van der Waals surface area contributed by atoms with Gasteiger partial charge in [0.1, 0.15) is 11.9 Å². The first kappa shape index (κ1) is 59.1. The van der Waals surface area contributed by atoms with Crippen molar-refractivity contribution in [3.8, 4) is 0 Å². The fourth-order valence-corrected chi connectivity index (χ4v) is 8.21. The first-order valence-corrected chi connectivity index (χ1v) is 26.4. The van der Waals surface area contributed by atoms with Gasteiger partial charge in [0.25, 0.3) is 0 Å². The number of Topliss-reactive ketones (excluding diaryl/α,β-unsaturated/α-hetero) is 3. The van der Waals surface area contributed by atoms with Gasteiger partial charge in [0.05, 0.1) is 6.61 Å². The molecule has 61 heavy (non-hydrogen) atoms. The van der Waals surface area contributed by atoms with Crippen molar-refractivity contribution < 1.29 is 29.7 Å². The van der Waals surface area contributed by atoms with Crippen LogP contribution in [0.3, 0.4) is 0 Å². The molecule has 0 fully saturated rings. The molecule has 6 nitrogen and oxygen atoms in total. The Hall–Kier alpha value is -1.89. The molecule has 0 aromatic rings. The second kappa shape index (κ2) is 46.1. The molecule has 2 unspecified atom stereocenters. The van der Waals surface area contributed by atoms with Gasteiger partial charge < -0.3 is 15.3 Å². The number of allylic oxidation sites excluding steroid dienone is 6. The van der Waals surface area contributed by atoms with Crippen LogP contribution in [0.15, 0.2) is 36.5 Å². The summed E-state index contributed by atoms with van der Waals surface area (Å²) in [6, 6.07) is 0. The molecule has 0 bridgehead atoms. The Kier molecular flexibility index (Phi) is 44.7. The normalized spacial score (nSPS) is 13.5. The van der Waals surface area contributed by atoms with Crippen LogP contribution in [-0.4, -0.2) is 51.0 Å². The second-order valence-electron chi connectivity index (χ2n) is 18.3. The maximum Gasteiger partial charge on any atom is 0.209 e. The molecule has 0 aliphatic rings. The fourth-order valence-electron chi connectivity index (χ4n) is 8.21. The highest BCUT2D eigenvalue weighted by molar-refractivity contribution is 6.10. The van der Waals surface area contributed by atoms with Crippen molar-refractivity contribution in [2.45, 2.75) is 289 Å². The zero-order valence-corrected chi connectivity index (χ0v) is 40.3. The lowest BCUT2D eigenvalue weighted by Gasteiger charge is -2.29. The Labute approximate surface area is 377 Å². The summed E-state index contributed by atoms with van der Waals surface area (Å²) in [5.41, 5.74) is -2.50. The zero-order valence-electron chi connectivity index (χ0n) is 40.3. The minimum absolute atomic E-state index is 0.0346. The Morgan fingerprint density at radius 1 is 0.393 bits per heavy atom. The molecule has 6 heteroatoms. The Balaban J connectivity index is 3.74. The van der Waals surface area contributed by atoms with Crippen molar-refractivity contribution in [2.24, 2.45) is 0 Å². The number of aliphatic hydroxyl groups excluding tert-OH is 2. The van der Waals surface area contributed by atoms with E-state index in [2.05, 4.69) is 50.3 Å². The number of aliphatic hydroxyl groups is 3. The van der Waals surface area contributed by atoms with Crippen molar-refractivity contribution in [1.29, 1.82) is 0 Å². The van der Waals surface area contributed by atoms with Gasteiger partial charge in [-0.05, 0) is 83.5 Å². The van der Waals surface area contributed by atoms with Crippen LogP contribution >= 0.6 is 0 Å². The van der Waals surface area contributed by atoms with Crippen LogP contribution in [0.1, 0.15) is 277 Å². The van der Waals surface area contributed by atoms with Crippen LogP contribution < -0.4 is 0 Å². The van der Waals surface area contributed by atoms with Gasteiger partial charge in [-0.2, -0.15) is 0 Å². The van der Waals surface area contributed by atoms with Gasteiger partial charge in [-0.1, -0.05) is 204 Å². The van der Waals surface area contributed by atoms with Crippen LogP contribution in [0.4, 0.5) is 0 Å². The Morgan fingerprint density at radius 3 is 1.00 bits per heavy atom. The highest BCUT2D eigenvalue weighted by Crippen LogP contribution is 2.23. The van der Waals surface area contributed by atoms with Gasteiger partial charge in [-0.15, -0.1) is 0 Å². The average Bonchev–Trinajstić information content (AvgIpc) is 3.26. The molecule has 0 saturated heterocycles. The van der Waals surface area contributed by atoms with Crippen LogP contribution in [0.25, 0.3) is 0 Å². The van der Waals surface area contributed by atoms with Gasteiger partial charge in [0.15, 0.2) is 11.6 Å². The molecular weight excluding hydrogens is 757 g/mol. The summed E-state index contributed by atoms with van der Waals surface area (Å²) in [6.07, 6.45) is 56.3. The summed E-state index contributed by atoms with van der Waals surface area (Å²) in [5.74, 6) is -0.864. The van der Waals surface area contributed by atoms with E-state index in [1.807, 2.05) is 0 Å². The molecule has 356 valence electrons. The van der Waals surface area contributed by atoms with Crippen LogP contribution in [0.2, 0.25) is 0 Å². The number of rotatable bonds is 49. The Bertz CT molecular complexity index is 1080. The van der Waals surface area contributed by atoms with Gasteiger partial charge in [0.2, 0.25) is 5.60 Å². The highest BCUT2D eigenvalue weighted by Gasteiger charge is 2.48. The molecule has 0 aromatic heterocycles. The summed E-state index contributed by atoms with van der Waals surface area (Å²) in [7, 11) is 0. The third kappa shape index (κ3) is 37.2. The van der Waals surface area contributed by atoms with Crippen molar-refractivity contribution in [3.05, 3.63) is 36.5 Å². The van der Waals surface area contributed by atoms with Gasteiger partial charge in [0, 0.05) is 25.7 Å². The number of hydrogen-bond donors (Lipinski definition) is 3. The number of unbranched alkanes of at least 4 members (excludes halogenated alkanes) is 31. The monoisotopic (exact) mass is 857 g/mol. The lowest BCUT2D eigenvalue weighted by Crippen LogP contribution is -2.57. The lowest BCUT2D eigenvalue weighted by atomic mass is 9.82. The summed E-state index contributed by atoms with van der Waals surface area (Å²) >= 11 is 0. The maximum atomic E-state index is 13.0. The molecule has 0 amide bonds. The molecule has 0 saturated carbocycles. The maximum absolute atomic E-state index is 13.0. The van der Waals surface area contributed by atoms with E-state index in [1.165, 1.54) is 148 Å². The predicted molar refractivity (Wildman–Crippen MR) is 261 cm³/mol. The SMILES string of the molecule is CCCCC/C=C\C/C=C\CCCCCCCC(=O)CCCCCCCC/C=C\CCCCCCCC(=O)C(O)(C(=O)CCCCCCCCCCCCCCC)C(O)CO. The van der Waals surface area contributed by atoms with Crippen molar-refractivity contribution in [3.63, 3.8) is 0 Å². The van der Waals surface area contributed by atoms with Crippen LogP contribution in [0, 0.1) is 0 Å². The predicted octanol–water partition coefficient (Wildman–Crippen LogP) is 15.5. The standard InChI is InChI=1S/C55H100O6/c1-3-5-7-9-11-13-15-17-19-23-26-30-34-38-42-46-51(57)47-43-39-35-31-27-24-20-18-21-25-29-33-37-41-45-49-53(59)55(61,54(60)50-56)52(58)48-44-40-36-32-28-22-16-14-12-10-8-6-4-2/h11,13,17-19,21,54,56,60-61H,3-10,12,14-16,20,22-50H2,1-2H3/b13-11-,19-17-,21-18-. The minimum atomic E-state index is -2.50. The fraction of sp³-hybridized carbons (Fsp3) is 0.836. The van der Waals surface area contributed by atoms with E-state index < -0.39 is 29.9 Å². The Morgan fingerprint density at radius 2 is 0.656 bits per heavy atom. The first-order chi connectivity index (χ1) is 29.8. The smallest absolute Gasteiger partial charge is 0.209 e. The minimum Gasteiger partial charge on any atom is -0.394 e. The number of hydrogen-bond acceptors (Lipinski definition) is 6. The molecule has 0 radical (unpaired) electrons. The van der Waals surface area contributed by atoms with Crippen LogP contribution in [-0.2, 0) is 14.4 Å². The van der Waals surface area contributed by atoms with Crippen molar-refractivity contribution >= 4 is 17.3 Å². The summed E-state index contributed by atoms with van der Waals surface area (Å²) in [5, 5.41) is 30.8. The van der Waals surface area contributed by atoms with Crippen molar-refractivity contribution in [1.82, 2.24) is 0 Å². The van der Waals surface area contributed by atoms with E-state index in [9.17, 15) is 29.7 Å². The molecule has 0 spiro atoms. The number of carbonyl (C=O) groups is 3. The molecular formula is C55H100O6. The number of carbonyl (C=O) groups excluding carboxylic acids is 3. The molecule has 0 aromatic carbocycles. The molecule has 0 rings (SSSR count). The third-order valence-electron chi connectivity index (χ3n) is 12.4. The van der Waals surface area contributed by atoms with E-state index in [-0.39, 0.29) is 12.8 Å². The van der Waals surface area contributed by atoms with Gasteiger partial charge >= 0.3 is 0 Å². The van der Waals surface area contributed by atoms with Crippen molar-refractivity contribution in [2.75, 3.05) is 6.61 Å². The van der Waals surface area contributed by atoms with E-state index in [0.29, 0.717) is 18.6 Å². The number of ketones is 3. The van der Waals surface area contributed by atoms with Gasteiger partial charge in [-0.3, -0.25) is 14.4 Å². The molecule has 2 atom stereocenters. The topological polar surface area (TPSA) is 112 Å². The van der Waals surface area contributed by atoms with E-state index in [0.717, 1.165) is 89.9 Å². The molecule has 0 aliphatic carbocycles. The summed E-state index contributed by atoms with van der Waals surface area (Å²) in [4.78, 5) is 38.1. The third-order valence-corrected chi connectivity index (χ3v) is 12.4. The van der Waals surface area contributed by atoms with E-state index in [1.54, 1.807) is 0 Å². The quantitative estimate of drug-likeness (QED) is 0.0319.